The lowest BCUT2D eigenvalue weighted by Gasteiger charge is -2.22. The molecule has 4 nitrogen and oxygen atoms in total. The summed E-state index contributed by atoms with van der Waals surface area (Å²) in [6.07, 6.45) is 0.254. The summed E-state index contributed by atoms with van der Waals surface area (Å²) in [5, 5.41) is 11.6. The fourth-order valence-electron chi connectivity index (χ4n) is 1.66. The fraction of sp³-hybridized carbons (Fsp3) is 0.438. The van der Waals surface area contributed by atoms with Gasteiger partial charge in [-0.3, -0.25) is 4.79 Å². The van der Waals surface area contributed by atoms with Crippen LogP contribution in [0.25, 0.3) is 0 Å². The minimum atomic E-state index is -0.508. The Balaban J connectivity index is 2.89. The molecule has 20 heavy (non-hydrogen) atoms. The van der Waals surface area contributed by atoms with Crippen LogP contribution in [0.5, 0.6) is 0 Å². The molecule has 0 saturated heterocycles. The van der Waals surface area contributed by atoms with E-state index in [2.05, 4.69) is 17.2 Å². The normalized spacial score (nSPS) is 10.7. The lowest BCUT2D eigenvalue weighted by molar-refractivity contribution is -0.121. The van der Waals surface area contributed by atoms with Gasteiger partial charge in [0.15, 0.2) is 0 Å². The van der Waals surface area contributed by atoms with E-state index in [0.29, 0.717) is 11.3 Å². The molecule has 0 fully saturated rings. The molecule has 0 atom stereocenters. The molecule has 0 unspecified atom stereocenters. The van der Waals surface area contributed by atoms with Crippen molar-refractivity contribution in [3.05, 3.63) is 29.3 Å². The van der Waals surface area contributed by atoms with Gasteiger partial charge in [-0.1, -0.05) is 17.9 Å². The van der Waals surface area contributed by atoms with Crippen LogP contribution in [-0.4, -0.2) is 30.3 Å². The quantitative estimate of drug-likeness (QED) is 0.827. The van der Waals surface area contributed by atoms with Gasteiger partial charge in [0.2, 0.25) is 5.91 Å². The molecule has 1 rings (SSSR count). The second-order valence-corrected chi connectivity index (χ2v) is 5.20. The second kappa shape index (κ2) is 7.09. The molecule has 1 aromatic carbocycles. The monoisotopic (exact) mass is 275 g/mol. The number of carbonyl (C=O) groups is 1. The smallest absolute Gasteiger partial charge is 0.227 e. The van der Waals surface area contributed by atoms with Gasteiger partial charge in [0.25, 0.3) is 0 Å². The lowest BCUT2D eigenvalue weighted by Crippen LogP contribution is -2.29. The molecule has 1 aromatic rings. The Morgan fingerprint density at radius 3 is 2.75 bits per heavy atom. The van der Waals surface area contributed by atoms with E-state index >= 15 is 0 Å². The van der Waals surface area contributed by atoms with Gasteiger partial charge in [0, 0.05) is 12.7 Å². The van der Waals surface area contributed by atoms with Crippen molar-refractivity contribution in [1.29, 1.82) is 0 Å². The minimum Gasteiger partial charge on any atom is -0.384 e. The van der Waals surface area contributed by atoms with Crippen LogP contribution in [0.1, 0.15) is 31.4 Å². The Labute approximate surface area is 120 Å². The SMILES string of the molecule is COC(C)(C)CC(=O)Nc1ccc(C)cc1C#CCO. The molecule has 0 aliphatic rings. The van der Waals surface area contributed by atoms with Crippen molar-refractivity contribution in [2.45, 2.75) is 32.8 Å². The zero-order chi connectivity index (χ0) is 15.2. The number of anilines is 1. The average Bonchev–Trinajstić information content (AvgIpc) is 2.38. The van der Waals surface area contributed by atoms with Crippen molar-refractivity contribution in [3.8, 4) is 11.8 Å². The first-order valence-electron chi connectivity index (χ1n) is 6.43. The number of aliphatic hydroxyl groups is 1. The third-order valence-corrected chi connectivity index (χ3v) is 2.89. The molecule has 0 aliphatic carbocycles. The van der Waals surface area contributed by atoms with Crippen molar-refractivity contribution in [2.75, 3.05) is 19.0 Å². The van der Waals surface area contributed by atoms with E-state index in [1.54, 1.807) is 7.11 Å². The predicted octanol–water partition coefficient (Wildman–Crippen LogP) is 2.09. The topological polar surface area (TPSA) is 58.6 Å². The van der Waals surface area contributed by atoms with Crippen LogP contribution in [0.15, 0.2) is 18.2 Å². The van der Waals surface area contributed by atoms with Crippen LogP contribution in [0, 0.1) is 18.8 Å². The largest absolute Gasteiger partial charge is 0.384 e. The van der Waals surface area contributed by atoms with Crippen LogP contribution >= 0.6 is 0 Å². The molecule has 4 heteroatoms. The first-order chi connectivity index (χ1) is 9.38. The van der Waals surface area contributed by atoms with E-state index in [0.717, 1.165) is 5.56 Å². The highest BCUT2D eigenvalue weighted by Gasteiger charge is 2.21. The molecular weight excluding hydrogens is 254 g/mol. The van der Waals surface area contributed by atoms with E-state index in [4.69, 9.17) is 9.84 Å². The van der Waals surface area contributed by atoms with Gasteiger partial charge < -0.3 is 15.2 Å². The third kappa shape index (κ3) is 5.04. The van der Waals surface area contributed by atoms with Crippen molar-refractivity contribution < 1.29 is 14.6 Å². The summed E-state index contributed by atoms with van der Waals surface area (Å²) >= 11 is 0. The van der Waals surface area contributed by atoms with Gasteiger partial charge in [-0.15, -0.1) is 0 Å². The van der Waals surface area contributed by atoms with Crippen LogP contribution in [-0.2, 0) is 9.53 Å². The standard InChI is InChI=1S/C16H21NO3/c1-12-7-8-14(13(10-12)6-5-9-18)17-15(19)11-16(2,3)20-4/h7-8,10,18H,9,11H2,1-4H3,(H,17,19). The van der Waals surface area contributed by atoms with Gasteiger partial charge >= 0.3 is 0 Å². The van der Waals surface area contributed by atoms with Gasteiger partial charge in [0.1, 0.15) is 6.61 Å². The van der Waals surface area contributed by atoms with E-state index in [9.17, 15) is 4.79 Å². The van der Waals surface area contributed by atoms with Crippen molar-refractivity contribution in [2.24, 2.45) is 0 Å². The Hall–Kier alpha value is -1.83. The number of amides is 1. The number of aryl methyl sites for hydroxylation is 1. The van der Waals surface area contributed by atoms with Crippen LogP contribution in [0.2, 0.25) is 0 Å². The Bertz CT molecular complexity index is 538. The van der Waals surface area contributed by atoms with Crippen LogP contribution < -0.4 is 5.32 Å². The Morgan fingerprint density at radius 2 is 2.15 bits per heavy atom. The summed E-state index contributed by atoms with van der Waals surface area (Å²) in [6, 6.07) is 5.59. The van der Waals surface area contributed by atoms with Crippen LogP contribution in [0.3, 0.4) is 0 Å². The zero-order valence-electron chi connectivity index (χ0n) is 12.4. The first kappa shape index (κ1) is 16.2. The lowest BCUT2D eigenvalue weighted by atomic mass is 10.0. The van der Waals surface area contributed by atoms with E-state index in [1.165, 1.54) is 0 Å². The number of ether oxygens (including phenoxy) is 1. The van der Waals surface area contributed by atoms with Crippen LogP contribution in [0.4, 0.5) is 5.69 Å². The number of hydrogen-bond donors (Lipinski definition) is 2. The van der Waals surface area contributed by atoms with Gasteiger partial charge in [-0.05, 0) is 38.5 Å². The Morgan fingerprint density at radius 1 is 1.45 bits per heavy atom. The summed E-state index contributed by atoms with van der Waals surface area (Å²) in [6.45, 7) is 5.45. The Kier molecular flexibility index (Phi) is 5.75. The van der Waals surface area contributed by atoms with E-state index < -0.39 is 5.60 Å². The molecular formula is C16H21NO3. The second-order valence-electron chi connectivity index (χ2n) is 5.20. The van der Waals surface area contributed by atoms with Gasteiger partial charge in [0.05, 0.1) is 17.7 Å². The minimum absolute atomic E-state index is 0.132. The summed E-state index contributed by atoms with van der Waals surface area (Å²) in [7, 11) is 1.58. The summed E-state index contributed by atoms with van der Waals surface area (Å²) in [5.74, 6) is 5.30. The molecule has 0 heterocycles. The van der Waals surface area contributed by atoms with Crippen molar-refractivity contribution >= 4 is 11.6 Å². The summed E-state index contributed by atoms with van der Waals surface area (Å²) in [5.41, 5.74) is 1.88. The molecule has 0 aromatic heterocycles. The molecule has 0 radical (unpaired) electrons. The maximum absolute atomic E-state index is 12.0. The molecule has 108 valence electrons. The van der Waals surface area contributed by atoms with Gasteiger partial charge in [-0.2, -0.15) is 0 Å². The number of benzene rings is 1. The van der Waals surface area contributed by atoms with Gasteiger partial charge in [-0.25, -0.2) is 0 Å². The highest BCUT2D eigenvalue weighted by molar-refractivity contribution is 5.92. The fourth-order valence-corrected chi connectivity index (χ4v) is 1.66. The van der Waals surface area contributed by atoms with Crippen molar-refractivity contribution in [1.82, 2.24) is 0 Å². The number of hydrogen-bond acceptors (Lipinski definition) is 3. The maximum Gasteiger partial charge on any atom is 0.227 e. The maximum atomic E-state index is 12.0. The summed E-state index contributed by atoms with van der Waals surface area (Å²) in [4.78, 5) is 12.0. The highest BCUT2D eigenvalue weighted by Crippen LogP contribution is 2.19. The molecule has 0 bridgehead atoms. The number of carbonyl (C=O) groups excluding carboxylic acids is 1. The predicted molar refractivity (Wildman–Crippen MR) is 79.5 cm³/mol. The first-order valence-corrected chi connectivity index (χ1v) is 6.43. The number of aliphatic hydroxyl groups excluding tert-OH is 1. The molecule has 0 spiro atoms. The zero-order valence-corrected chi connectivity index (χ0v) is 12.4. The third-order valence-electron chi connectivity index (χ3n) is 2.89. The molecule has 1 amide bonds. The molecule has 0 aliphatic heterocycles. The van der Waals surface area contributed by atoms with Crippen molar-refractivity contribution in [3.63, 3.8) is 0 Å². The number of rotatable bonds is 4. The molecule has 2 N–H and O–H groups in total. The number of methoxy groups -OCH3 is 1. The average molecular weight is 275 g/mol. The van der Waals surface area contributed by atoms with E-state index in [-0.39, 0.29) is 18.9 Å². The molecule has 0 saturated carbocycles. The number of nitrogens with one attached hydrogen (secondary N) is 1. The van der Waals surface area contributed by atoms with E-state index in [1.807, 2.05) is 39.0 Å². The summed E-state index contributed by atoms with van der Waals surface area (Å²) < 4.78 is 5.24. The highest BCUT2D eigenvalue weighted by atomic mass is 16.5.